The van der Waals surface area contributed by atoms with Crippen LogP contribution in [0.15, 0.2) is 30.5 Å². The molecule has 0 radical (unpaired) electrons. The van der Waals surface area contributed by atoms with Gasteiger partial charge in [0.1, 0.15) is 5.82 Å². The van der Waals surface area contributed by atoms with E-state index < -0.39 is 0 Å². The Labute approximate surface area is 114 Å². The van der Waals surface area contributed by atoms with Gasteiger partial charge in [-0.25, -0.2) is 0 Å². The Bertz CT molecular complexity index is 706. The van der Waals surface area contributed by atoms with Gasteiger partial charge in [0.15, 0.2) is 5.65 Å². The molecule has 0 saturated heterocycles. The third kappa shape index (κ3) is 2.43. The van der Waals surface area contributed by atoms with Crippen LogP contribution in [0.4, 0.5) is 11.8 Å². The number of hydrogen-bond acceptors (Lipinski definition) is 5. The molecule has 3 rings (SSSR count). The fourth-order valence-corrected chi connectivity index (χ4v) is 1.90. The highest BCUT2D eigenvalue weighted by Gasteiger charge is 2.07. The zero-order chi connectivity index (χ0) is 13.2. The summed E-state index contributed by atoms with van der Waals surface area (Å²) >= 11 is 5.84. The van der Waals surface area contributed by atoms with Crippen LogP contribution in [-0.2, 0) is 6.54 Å². The minimum Gasteiger partial charge on any atom is -0.368 e. The van der Waals surface area contributed by atoms with E-state index in [-0.39, 0.29) is 5.95 Å². The van der Waals surface area contributed by atoms with Gasteiger partial charge >= 0.3 is 0 Å². The maximum atomic E-state index is 5.84. The van der Waals surface area contributed by atoms with E-state index in [9.17, 15) is 0 Å². The molecule has 3 aromatic rings. The second-order valence-corrected chi connectivity index (χ2v) is 4.48. The second kappa shape index (κ2) is 4.74. The lowest BCUT2D eigenvalue weighted by Crippen LogP contribution is -2.04. The Morgan fingerprint density at radius 1 is 1.21 bits per heavy atom. The van der Waals surface area contributed by atoms with E-state index in [1.54, 1.807) is 6.20 Å². The van der Waals surface area contributed by atoms with Crippen molar-refractivity contribution in [2.24, 2.45) is 0 Å². The normalized spacial score (nSPS) is 10.8. The van der Waals surface area contributed by atoms with Crippen LogP contribution in [0.25, 0.3) is 11.0 Å². The number of hydrogen-bond donors (Lipinski definition) is 3. The highest BCUT2D eigenvalue weighted by Crippen LogP contribution is 2.19. The van der Waals surface area contributed by atoms with Gasteiger partial charge in [0.25, 0.3) is 0 Å². The average Bonchev–Trinajstić information content (AvgIpc) is 2.85. The summed E-state index contributed by atoms with van der Waals surface area (Å²) in [4.78, 5) is 8.23. The number of fused-ring (bicyclic) bond motifs is 1. The van der Waals surface area contributed by atoms with Gasteiger partial charge < -0.3 is 11.1 Å². The summed E-state index contributed by atoms with van der Waals surface area (Å²) in [7, 11) is 0. The Balaban J connectivity index is 1.85. The summed E-state index contributed by atoms with van der Waals surface area (Å²) in [5.74, 6) is 0.863. The van der Waals surface area contributed by atoms with Crippen molar-refractivity contribution in [2.75, 3.05) is 11.1 Å². The molecule has 0 unspecified atom stereocenters. The molecule has 0 atom stereocenters. The Hall–Kier alpha value is -2.34. The molecule has 6 nitrogen and oxygen atoms in total. The van der Waals surface area contributed by atoms with E-state index in [1.807, 2.05) is 24.3 Å². The van der Waals surface area contributed by atoms with E-state index in [0.717, 1.165) is 10.9 Å². The summed E-state index contributed by atoms with van der Waals surface area (Å²) < 4.78 is 0. The van der Waals surface area contributed by atoms with Crippen molar-refractivity contribution < 1.29 is 0 Å². The molecule has 7 heteroatoms. The zero-order valence-electron chi connectivity index (χ0n) is 9.89. The van der Waals surface area contributed by atoms with Gasteiger partial charge in [-0.1, -0.05) is 23.7 Å². The van der Waals surface area contributed by atoms with Gasteiger partial charge in [-0.05, 0) is 17.7 Å². The summed E-state index contributed by atoms with van der Waals surface area (Å²) in [6.07, 6.45) is 1.67. The number of aromatic nitrogens is 4. The van der Waals surface area contributed by atoms with Crippen molar-refractivity contribution >= 4 is 34.4 Å². The molecule has 4 N–H and O–H groups in total. The predicted octanol–water partition coefficient (Wildman–Crippen LogP) is 2.20. The first-order valence-corrected chi connectivity index (χ1v) is 6.05. The molecule has 2 aromatic heterocycles. The molecule has 0 bridgehead atoms. The molecule has 1 aromatic carbocycles. The standard InChI is InChI=1S/C12H11ClN6/c13-8-3-1-7(2-4-8)5-15-10-9-6-16-19-11(9)18-12(14)17-10/h1-4,6H,5H2,(H4,14,15,16,17,18,19). The minimum absolute atomic E-state index is 0.204. The van der Waals surface area contributed by atoms with Gasteiger partial charge in [-0.15, -0.1) is 0 Å². The topological polar surface area (TPSA) is 92.5 Å². The first-order chi connectivity index (χ1) is 9.22. The zero-order valence-corrected chi connectivity index (χ0v) is 10.6. The number of nitrogens with zero attached hydrogens (tertiary/aromatic N) is 3. The number of nitrogen functional groups attached to an aromatic ring is 1. The lowest BCUT2D eigenvalue weighted by molar-refractivity contribution is 1.08. The maximum absolute atomic E-state index is 5.84. The smallest absolute Gasteiger partial charge is 0.224 e. The van der Waals surface area contributed by atoms with Crippen molar-refractivity contribution in [2.45, 2.75) is 6.54 Å². The number of halogens is 1. The first-order valence-electron chi connectivity index (χ1n) is 5.67. The number of rotatable bonds is 3. The molecule has 0 amide bonds. The van der Waals surface area contributed by atoms with Gasteiger partial charge in [0.05, 0.1) is 11.6 Å². The quantitative estimate of drug-likeness (QED) is 0.681. The molecule has 96 valence electrons. The number of anilines is 2. The van der Waals surface area contributed by atoms with Gasteiger partial charge in [0, 0.05) is 11.6 Å². The summed E-state index contributed by atoms with van der Waals surface area (Å²) in [5, 5.41) is 11.4. The van der Waals surface area contributed by atoms with Crippen molar-refractivity contribution in [3.63, 3.8) is 0 Å². The highest BCUT2D eigenvalue weighted by atomic mass is 35.5. The highest BCUT2D eigenvalue weighted by molar-refractivity contribution is 6.30. The molecular weight excluding hydrogens is 264 g/mol. The van der Waals surface area contributed by atoms with Crippen LogP contribution >= 0.6 is 11.6 Å². The van der Waals surface area contributed by atoms with Crippen LogP contribution in [-0.4, -0.2) is 20.2 Å². The van der Waals surface area contributed by atoms with Crippen molar-refractivity contribution in [3.8, 4) is 0 Å². The number of nitrogens with one attached hydrogen (secondary N) is 2. The second-order valence-electron chi connectivity index (χ2n) is 4.04. The molecule has 0 spiro atoms. The molecule has 0 aliphatic carbocycles. The van der Waals surface area contributed by atoms with Crippen molar-refractivity contribution in [3.05, 3.63) is 41.0 Å². The summed E-state index contributed by atoms with van der Waals surface area (Å²) in [6.45, 7) is 0.619. The monoisotopic (exact) mass is 274 g/mol. The number of nitrogens with two attached hydrogens (primary N) is 1. The Morgan fingerprint density at radius 3 is 2.79 bits per heavy atom. The average molecular weight is 275 g/mol. The third-order valence-electron chi connectivity index (χ3n) is 2.70. The van der Waals surface area contributed by atoms with E-state index in [4.69, 9.17) is 17.3 Å². The van der Waals surface area contributed by atoms with Crippen LogP contribution in [0, 0.1) is 0 Å². The van der Waals surface area contributed by atoms with E-state index in [1.165, 1.54) is 0 Å². The van der Waals surface area contributed by atoms with Crippen molar-refractivity contribution in [1.29, 1.82) is 0 Å². The number of aromatic amines is 1. The molecule has 0 aliphatic heterocycles. The van der Waals surface area contributed by atoms with Gasteiger partial charge in [-0.2, -0.15) is 15.1 Å². The summed E-state index contributed by atoms with van der Waals surface area (Å²) in [6, 6.07) is 7.60. The number of H-pyrrole nitrogens is 1. The Morgan fingerprint density at radius 2 is 2.00 bits per heavy atom. The first kappa shape index (κ1) is 11.7. The third-order valence-corrected chi connectivity index (χ3v) is 2.95. The molecule has 0 fully saturated rings. The molecule has 0 aliphatic rings. The fourth-order valence-electron chi connectivity index (χ4n) is 1.77. The van der Waals surface area contributed by atoms with Crippen LogP contribution in [0.3, 0.4) is 0 Å². The van der Waals surface area contributed by atoms with Crippen LogP contribution in [0.2, 0.25) is 5.02 Å². The molecule has 19 heavy (non-hydrogen) atoms. The van der Waals surface area contributed by atoms with Crippen LogP contribution in [0.1, 0.15) is 5.56 Å². The molecule has 0 saturated carbocycles. The van der Waals surface area contributed by atoms with E-state index in [2.05, 4.69) is 25.5 Å². The lowest BCUT2D eigenvalue weighted by Gasteiger charge is -2.07. The fraction of sp³-hybridized carbons (Fsp3) is 0.0833. The lowest BCUT2D eigenvalue weighted by atomic mass is 10.2. The van der Waals surface area contributed by atoms with Crippen LogP contribution < -0.4 is 11.1 Å². The van der Waals surface area contributed by atoms with E-state index >= 15 is 0 Å². The van der Waals surface area contributed by atoms with Gasteiger partial charge in [-0.3, -0.25) is 5.10 Å². The van der Waals surface area contributed by atoms with E-state index in [0.29, 0.717) is 23.0 Å². The molecule has 2 heterocycles. The summed E-state index contributed by atoms with van der Waals surface area (Å²) in [5.41, 5.74) is 7.36. The van der Waals surface area contributed by atoms with Crippen LogP contribution in [0.5, 0.6) is 0 Å². The number of benzene rings is 1. The minimum atomic E-state index is 0.204. The largest absolute Gasteiger partial charge is 0.368 e. The van der Waals surface area contributed by atoms with Gasteiger partial charge in [0.2, 0.25) is 5.95 Å². The Kier molecular flexibility index (Phi) is 2.92. The van der Waals surface area contributed by atoms with Crippen molar-refractivity contribution in [1.82, 2.24) is 20.2 Å². The molecular formula is C12H11ClN6. The maximum Gasteiger partial charge on any atom is 0.224 e. The SMILES string of the molecule is Nc1nc(NCc2ccc(Cl)cc2)c2cn[nH]c2n1. The predicted molar refractivity (Wildman–Crippen MR) is 74.9 cm³/mol.